The Balaban J connectivity index is 1.78. The summed E-state index contributed by atoms with van der Waals surface area (Å²) in [6, 6.07) is 10.2. The predicted molar refractivity (Wildman–Crippen MR) is 94.1 cm³/mol. The highest BCUT2D eigenvalue weighted by Crippen LogP contribution is 2.13. The van der Waals surface area contributed by atoms with Crippen LogP contribution >= 0.6 is 15.9 Å². The zero-order valence-corrected chi connectivity index (χ0v) is 15.3. The average Bonchev–Trinajstić information content (AvgIpc) is 3.01. The summed E-state index contributed by atoms with van der Waals surface area (Å²) in [7, 11) is 0. The summed E-state index contributed by atoms with van der Waals surface area (Å²) >= 11 is 3.08. The van der Waals surface area contributed by atoms with E-state index in [1.54, 1.807) is 18.2 Å². The molecule has 25 heavy (non-hydrogen) atoms. The van der Waals surface area contributed by atoms with Gasteiger partial charge in [0.15, 0.2) is 16.5 Å². The van der Waals surface area contributed by atoms with Gasteiger partial charge in [-0.2, -0.15) is 0 Å². The van der Waals surface area contributed by atoms with E-state index in [9.17, 15) is 14.4 Å². The lowest BCUT2D eigenvalue weighted by Crippen LogP contribution is -2.35. The summed E-state index contributed by atoms with van der Waals surface area (Å²) < 4.78 is 10.5. The first-order chi connectivity index (χ1) is 11.8. The van der Waals surface area contributed by atoms with Gasteiger partial charge in [-0.1, -0.05) is 17.7 Å². The van der Waals surface area contributed by atoms with Crippen molar-refractivity contribution in [3.8, 4) is 0 Å². The normalized spacial score (nSPS) is 11.5. The standard InChI is InChI=1S/C17H17BrN2O5/c1-10-3-5-12(6-4-10)20-16(22)11(2)24-15(21)9-19-17(23)13-7-8-14(18)25-13/h3-8,11H,9H2,1-2H3,(H,19,23)(H,20,22)/t11-/m0/s1. The summed E-state index contributed by atoms with van der Waals surface area (Å²) in [6.45, 7) is 3.01. The van der Waals surface area contributed by atoms with Gasteiger partial charge < -0.3 is 19.8 Å². The van der Waals surface area contributed by atoms with Crippen molar-refractivity contribution in [3.05, 3.63) is 52.4 Å². The number of aryl methyl sites for hydroxylation is 1. The molecule has 0 spiro atoms. The SMILES string of the molecule is Cc1ccc(NC(=O)[C@H](C)OC(=O)CNC(=O)c2ccc(Br)o2)cc1. The highest BCUT2D eigenvalue weighted by atomic mass is 79.9. The Hall–Kier alpha value is -2.61. The van der Waals surface area contributed by atoms with Crippen molar-refractivity contribution < 1.29 is 23.5 Å². The van der Waals surface area contributed by atoms with Gasteiger partial charge in [0.1, 0.15) is 6.54 Å². The van der Waals surface area contributed by atoms with Crippen molar-refractivity contribution in [1.29, 1.82) is 0 Å². The number of hydrogen-bond donors (Lipinski definition) is 2. The number of hydrogen-bond acceptors (Lipinski definition) is 5. The van der Waals surface area contributed by atoms with Crippen molar-refractivity contribution in [1.82, 2.24) is 5.32 Å². The Morgan fingerprint density at radius 3 is 2.44 bits per heavy atom. The van der Waals surface area contributed by atoms with Crippen LogP contribution < -0.4 is 10.6 Å². The fourth-order valence-corrected chi connectivity index (χ4v) is 2.16. The van der Waals surface area contributed by atoms with Crippen molar-refractivity contribution in [2.75, 3.05) is 11.9 Å². The van der Waals surface area contributed by atoms with Crippen LogP contribution in [0.2, 0.25) is 0 Å². The molecule has 8 heteroatoms. The maximum Gasteiger partial charge on any atom is 0.326 e. The minimum atomic E-state index is -0.997. The van der Waals surface area contributed by atoms with Crippen LogP contribution in [0.15, 0.2) is 45.5 Å². The molecule has 2 rings (SSSR count). The van der Waals surface area contributed by atoms with E-state index in [1.165, 1.54) is 13.0 Å². The molecule has 0 saturated heterocycles. The van der Waals surface area contributed by atoms with Crippen molar-refractivity contribution in [2.24, 2.45) is 0 Å². The second kappa shape index (κ2) is 8.48. The van der Waals surface area contributed by atoms with Crippen LogP contribution in [0.3, 0.4) is 0 Å². The average molecular weight is 409 g/mol. The number of benzene rings is 1. The summed E-state index contributed by atoms with van der Waals surface area (Å²) in [5.74, 6) is -1.69. The molecule has 0 radical (unpaired) electrons. The number of carbonyl (C=O) groups excluding carboxylic acids is 3. The molecule has 1 aromatic carbocycles. The van der Waals surface area contributed by atoms with Crippen molar-refractivity contribution in [2.45, 2.75) is 20.0 Å². The number of esters is 1. The fourth-order valence-electron chi connectivity index (χ4n) is 1.85. The van der Waals surface area contributed by atoms with Gasteiger partial charge in [-0.25, -0.2) is 0 Å². The number of halogens is 1. The number of anilines is 1. The molecule has 0 aliphatic heterocycles. The van der Waals surface area contributed by atoms with Crippen LogP contribution in [0, 0.1) is 6.92 Å². The lowest BCUT2D eigenvalue weighted by atomic mass is 10.2. The zero-order chi connectivity index (χ0) is 18.4. The predicted octanol–water partition coefficient (Wildman–Crippen LogP) is 2.65. The molecular formula is C17H17BrN2O5. The van der Waals surface area contributed by atoms with Gasteiger partial charge in [0, 0.05) is 5.69 Å². The van der Waals surface area contributed by atoms with Gasteiger partial charge in [0.05, 0.1) is 0 Å². The van der Waals surface area contributed by atoms with Gasteiger partial charge in [0.2, 0.25) is 0 Å². The summed E-state index contributed by atoms with van der Waals surface area (Å²) in [6.07, 6.45) is -0.997. The lowest BCUT2D eigenvalue weighted by Gasteiger charge is -2.13. The minimum absolute atomic E-state index is 0.0600. The summed E-state index contributed by atoms with van der Waals surface area (Å²) in [5, 5.41) is 5.00. The Kier molecular flexibility index (Phi) is 6.35. The highest BCUT2D eigenvalue weighted by molar-refractivity contribution is 9.10. The number of furan rings is 1. The third-order valence-electron chi connectivity index (χ3n) is 3.19. The number of ether oxygens (including phenoxy) is 1. The van der Waals surface area contributed by atoms with E-state index in [1.807, 2.05) is 19.1 Å². The van der Waals surface area contributed by atoms with Crippen LogP contribution in [-0.4, -0.2) is 30.4 Å². The fraction of sp³-hybridized carbons (Fsp3) is 0.235. The van der Waals surface area contributed by atoms with Crippen LogP contribution in [0.4, 0.5) is 5.69 Å². The van der Waals surface area contributed by atoms with Crippen LogP contribution in [0.1, 0.15) is 23.0 Å². The van der Waals surface area contributed by atoms with E-state index in [4.69, 9.17) is 9.15 Å². The molecule has 0 bridgehead atoms. The Morgan fingerprint density at radius 2 is 1.84 bits per heavy atom. The van der Waals surface area contributed by atoms with Crippen LogP contribution in [-0.2, 0) is 14.3 Å². The van der Waals surface area contributed by atoms with Gasteiger partial charge in [0.25, 0.3) is 11.8 Å². The molecule has 0 fully saturated rings. The van der Waals surface area contributed by atoms with Crippen molar-refractivity contribution in [3.63, 3.8) is 0 Å². The highest BCUT2D eigenvalue weighted by Gasteiger charge is 2.19. The molecule has 0 aliphatic rings. The zero-order valence-electron chi connectivity index (χ0n) is 13.7. The molecule has 7 nitrogen and oxygen atoms in total. The third-order valence-corrected chi connectivity index (χ3v) is 3.61. The monoisotopic (exact) mass is 408 g/mol. The van der Waals surface area contributed by atoms with Gasteiger partial charge in [-0.15, -0.1) is 0 Å². The number of amides is 2. The van der Waals surface area contributed by atoms with Crippen LogP contribution in [0.5, 0.6) is 0 Å². The quantitative estimate of drug-likeness (QED) is 0.715. The smallest absolute Gasteiger partial charge is 0.326 e. The Morgan fingerprint density at radius 1 is 1.16 bits per heavy atom. The second-order valence-corrected chi connectivity index (χ2v) is 6.06. The maximum absolute atomic E-state index is 12.0. The number of rotatable bonds is 6. The molecule has 2 N–H and O–H groups in total. The topological polar surface area (TPSA) is 97.6 Å². The molecule has 0 aliphatic carbocycles. The van der Waals surface area contributed by atoms with E-state index in [2.05, 4.69) is 26.6 Å². The first kappa shape index (κ1) is 18.7. The van der Waals surface area contributed by atoms with E-state index in [-0.39, 0.29) is 12.3 Å². The Labute approximate surface area is 152 Å². The van der Waals surface area contributed by atoms with Gasteiger partial charge in [-0.3, -0.25) is 14.4 Å². The maximum atomic E-state index is 12.0. The van der Waals surface area contributed by atoms with Crippen molar-refractivity contribution >= 4 is 39.4 Å². The largest absolute Gasteiger partial charge is 0.451 e. The molecule has 132 valence electrons. The van der Waals surface area contributed by atoms with Crippen LogP contribution in [0.25, 0.3) is 0 Å². The molecule has 1 atom stereocenters. The molecular weight excluding hydrogens is 392 g/mol. The Bertz CT molecular complexity index is 770. The molecule has 2 amide bonds. The lowest BCUT2D eigenvalue weighted by molar-refractivity contribution is -0.152. The molecule has 2 aromatic rings. The summed E-state index contributed by atoms with van der Waals surface area (Å²) in [5.41, 5.74) is 1.67. The number of nitrogens with one attached hydrogen (secondary N) is 2. The van der Waals surface area contributed by atoms with E-state index in [0.29, 0.717) is 10.4 Å². The molecule has 1 heterocycles. The molecule has 1 aromatic heterocycles. The summed E-state index contributed by atoms with van der Waals surface area (Å²) in [4.78, 5) is 35.5. The minimum Gasteiger partial charge on any atom is -0.451 e. The van der Waals surface area contributed by atoms with E-state index >= 15 is 0 Å². The first-order valence-corrected chi connectivity index (χ1v) is 8.25. The first-order valence-electron chi connectivity index (χ1n) is 7.45. The van der Waals surface area contributed by atoms with E-state index in [0.717, 1.165) is 5.56 Å². The van der Waals surface area contributed by atoms with E-state index < -0.39 is 23.9 Å². The second-order valence-electron chi connectivity index (χ2n) is 5.27. The van der Waals surface area contributed by atoms with Gasteiger partial charge in [-0.05, 0) is 54.0 Å². The molecule has 0 saturated carbocycles. The van der Waals surface area contributed by atoms with Gasteiger partial charge >= 0.3 is 5.97 Å². The third kappa shape index (κ3) is 5.75. The molecule has 0 unspecified atom stereocenters. The number of carbonyl (C=O) groups is 3.